The second-order valence-corrected chi connectivity index (χ2v) is 5.61. The first kappa shape index (κ1) is 14.5. The Kier molecular flexibility index (Phi) is 5.13. The van der Waals surface area contributed by atoms with Gasteiger partial charge >= 0.3 is 0 Å². The highest BCUT2D eigenvalue weighted by Gasteiger charge is 2.23. The Morgan fingerprint density at radius 1 is 1.33 bits per heavy atom. The summed E-state index contributed by atoms with van der Waals surface area (Å²) in [6.07, 6.45) is 0.664. The molecule has 0 amide bonds. The lowest BCUT2D eigenvalue weighted by Gasteiger charge is -2.18. The maximum atomic E-state index is 12.2. The molecule has 0 spiro atoms. The molecule has 0 aliphatic carbocycles. The largest absolute Gasteiger partial charge is 0.497 e. The van der Waals surface area contributed by atoms with E-state index in [9.17, 15) is 8.42 Å². The Morgan fingerprint density at radius 3 is 2.39 bits per heavy atom. The maximum Gasteiger partial charge on any atom is 0.244 e. The molecule has 18 heavy (non-hydrogen) atoms. The number of hydrogen-bond donors (Lipinski definition) is 0. The minimum atomic E-state index is -3.60. The molecule has 6 heteroatoms. The summed E-state index contributed by atoms with van der Waals surface area (Å²) < 4.78 is 30.6. The van der Waals surface area contributed by atoms with Gasteiger partial charge in [-0.15, -0.1) is 0 Å². The first-order valence-corrected chi connectivity index (χ1v) is 7.01. The van der Waals surface area contributed by atoms with Crippen molar-refractivity contribution in [3.63, 3.8) is 0 Å². The van der Waals surface area contributed by atoms with E-state index in [2.05, 4.69) is 0 Å². The van der Waals surface area contributed by atoms with Gasteiger partial charge in [0.05, 0.1) is 18.1 Å². The summed E-state index contributed by atoms with van der Waals surface area (Å²) in [6, 6.07) is 8.01. The molecule has 0 heterocycles. The highest BCUT2D eigenvalue weighted by atomic mass is 32.2. The Bertz CT molecular complexity index is 517. The molecule has 0 aliphatic rings. The number of sulfonamides is 1. The van der Waals surface area contributed by atoms with E-state index in [4.69, 9.17) is 10.00 Å². The highest BCUT2D eigenvalue weighted by Crippen LogP contribution is 2.19. The zero-order chi connectivity index (χ0) is 13.6. The van der Waals surface area contributed by atoms with Crippen LogP contribution in [0.15, 0.2) is 29.2 Å². The summed E-state index contributed by atoms with van der Waals surface area (Å²) in [5, 5.41) is 8.68. The van der Waals surface area contributed by atoms with Gasteiger partial charge in [-0.05, 0) is 30.7 Å². The van der Waals surface area contributed by atoms with E-state index in [-0.39, 0.29) is 11.4 Å². The van der Waals surface area contributed by atoms with Crippen LogP contribution >= 0.6 is 0 Å². The molecule has 98 valence electrons. The number of benzene rings is 1. The first-order chi connectivity index (χ1) is 8.56. The zero-order valence-electron chi connectivity index (χ0n) is 10.5. The minimum Gasteiger partial charge on any atom is -0.497 e. The molecule has 0 atom stereocenters. The van der Waals surface area contributed by atoms with E-state index in [1.54, 1.807) is 12.1 Å². The average Bonchev–Trinajstić information content (AvgIpc) is 2.38. The maximum absolute atomic E-state index is 12.2. The van der Waals surface area contributed by atoms with Gasteiger partial charge in [0.1, 0.15) is 12.3 Å². The van der Waals surface area contributed by atoms with Crippen LogP contribution in [0.1, 0.15) is 13.3 Å². The van der Waals surface area contributed by atoms with E-state index < -0.39 is 10.0 Å². The molecule has 1 rings (SSSR count). The van der Waals surface area contributed by atoms with Gasteiger partial charge in [-0.25, -0.2) is 8.42 Å². The first-order valence-electron chi connectivity index (χ1n) is 5.57. The van der Waals surface area contributed by atoms with Crippen molar-refractivity contribution in [2.75, 3.05) is 20.2 Å². The second kappa shape index (κ2) is 6.38. The average molecular weight is 268 g/mol. The van der Waals surface area contributed by atoms with E-state index >= 15 is 0 Å². The molecule has 0 fully saturated rings. The van der Waals surface area contributed by atoms with Crippen LogP contribution in [0.3, 0.4) is 0 Å². The van der Waals surface area contributed by atoms with E-state index in [1.807, 2.05) is 13.0 Å². The second-order valence-electron chi connectivity index (χ2n) is 3.67. The molecule has 1 aromatic rings. The van der Waals surface area contributed by atoms with Crippen molar-refractivity contribution in [3.05, 3.63) is 24.3 Å². The SMILES string of the molecule is CCCN(CC#N)S(=O)(=O)c1ccc(OC)cc1. The third-order valence-electron chi connectivity index (χ3n) is 2.42. The predicted molar refractivity (Wildman–Crippen MR) is 67.7 cm³/mol. The van der Waals surface area contributed by atoms with Crippen LogP contribution in [-0.4, -0.2) is 32.9 Å². The lowest BCUT2D eigenvalue weighted by molar-refractivity contribution is 0.414. The normalized spacial score (nSPS) is 11.2. The predicted octanol–water partition coefficient (Wildman–Crippen LogP) is 1.62. The van der Waals surface area contributed by atoms with Crippen LogP contribution < -0.4 is 4.74 Å². The summed E-state index contributed by atoms with van der Waals surface area (Å²) in [7, 11) is -2.08. The van der Waals surface area contributed by atoms with Gasteiger partial charge in [-0.2, -0.15) is 9.57 Å². The molecular formula is C12H16N2O3S. The third-order valence-corrected chi connectivity index (χ3v) is 4.28. The van der Waals surface area contributed by atoms with Gasteiger partial charge in [0.25, 0.3) is 0 Å². The molecule has 1 aromatic carbocycles. The highest BCUT2D eigenvalue weighted by molar-refractivity contribution is 7.89. The van der Waals surface area contributed by atoms with Crippen molar-refractivity contribution in [1.82, 2.24) is 4.31 Å². The smallest absolute Gasteiger partial charge is 0.244 e. The van der Waals surface area contributed by atoms with Crippen molar-refractivity contribution in [3.8, 4) is 11.8 Å². The van der Waals surface area contributed by atoms with Gasteiger partial charge in [0.15, 0.2) is 0 Å². The molecule has 0 unspecified atom stereocenters. The van der Waals surface area contributed by atoms with Gasteiger partial charge in [0, 0.05) is 6.54 Å². The van der Waals surface area contributed by atoms with Crippen molar-refractivity contribution >= 4 is 10.0 Å². The molecule has 0 saturated heterocycles. The van der Waals surface area contributed by atoms with Gasteiger partial charge in [-0.1, -0.05) is 6.92 Å². The summed E-state index contributed by atoms with van der Waals surface area (Å²) in [5.41, 5.74) is 0. The van der Waals surface area contributed by atoms with Crippen LogP contribution in [0.5, 0.6) is 5.75 Å². The molecular weight excluding hydrogens is 252 g/mol. The lowest BCUT2D eigenvalue weighted by atomic mass is 10.3. The van der Waals surface area contributed by atoms with Crippen molar-refractivity contribution in [2.24, 2.45) is 0 Å². The lowest BCUT2D eigenvalue weighted by Crippen LogP contribution is -2.32. The van der Waals surface area contributed by atoms with Crippen LogP contribution in [0.4, 0.5) is 0 Å². The molecule has 0 N–H and O–H groups in total. The summed E-state index contributed by atoms with van der Waals surface area (Å²) in [4.78, 5) is 0.173. The van der Waals surface area contributed by atoms with Crippen molar-refractivity contribution in [1.29, 1.82) is 5.26 Å². The van der Waals surface area contributed by atoms with Crippen molar-refractivity contribution in [2.45, 2.75) is 18.2 Å². The molecule has 0 aliphatic heterocycles. The van der Waals surface area contributed by atoms with Crippen LogP contribution in [0.2, 0.25) is 0 Å². The van der Waals surface area contributed by atoms with Crippen LogP contribution in [0.25, 0.3) is 0 Å². The van der Waals surface area contributed by atoms with Gasteiger partial charge in [0.2, 0.25) is 10.0 Å². The monoisotopic (exact) mass is 268 g/mol. The summed E-state index contributed by atoms with van der Waals surface area (Å²) >= 11 is 0. The number of ether oxygens (including phenoxy) is 1. The standard InChI is InChI=1S/C12H16N2O3S/c1-3-9-14(10-8-13)18(15,16)12-6-4-11(17-2)5-7-12/h4-7H,3,9-10H2,1-2H3. The molecule has 0 radical (unpaired) electrons. The van der Waals surface area contributed by atoms with E-state index in [0.29, 0.717) is 18.7 Å². The number of methoxy groups -OCH3 is 1. The zero-order valence-corrected chi connectivity index (χ0v) is 11.3. The fourth-order valence-corrected chi connectivity index (χ4v) is 2.94. The third kappa shape index (κ3) is 3.22. The summed E-state index contributed by atoms with van der Waals surface area (Å²) in [6.45, 7) is 2.07. The van der Waals surface area contributed by atoms with Crippen molar-refractivity contribution < 1.29 is 13.2 Å². The minimum absolute atomic E-state index is 0.137. The quantitative estimate of drug-likeness (QED) is 0.735. The Hall–Kier alpha value is -1.58. The number of nitrogens with zero attached hydrogens (tertiary/aromatic N) is 2. The molecule has 0 saturated carbocycles. The number of hydrogen-bond acceptors (Lipinski definition) is 4. The van der Waals surface area contributed by atoms with E-state index in [0.717, 1.165) is 0 Å². The van der Waals surface area contributed by atoms with Crippen LogP contribution in [0, 0.1) is 11.3 Å². The Balaban J connectivity index is 3.06. The summed E-state index contributed by atoms with van der Waals surface area (Å²) in [5.74, 6) is 0.594. The Labute approximate surface area is 108 Å². The fourth-order valence-electron chi connectivity index (χ4n) is 1.51. The van der Waals surface area contributed by atoms with Crippen LogP contribution in [-0.2, 0) is 10.0 Å². The van der Waals surface area contributed by atoms with E-state index in [1.165, 1.54) is 23.5 Å². The Morgan fingerprint density at radius 2 is 1.94 bits per heavy atom. The molecule has 5 nitrogen and oxygen atoms in total. The van der Waals surface area contributed by atoms with Gasteiger partial charge in [-0.3, -0.25) is 0 Å². The molecule has 0 aromatic heterocycles. The van der Waals surface area contributed by atoms with Gasteiger partial charge < -0.3 is 4.74 Å². The fraction of sp³-hybridized carbons (Fsp3) is 0.417. The topological polar surface area (TPSA) is 70.4 Å². The number of nitriles is 1. The molecule has 0 bridgehead atoms. The number of rotatable bonds is 6.